The molecule has 1 aromatic carbocycles. The Hall–Kier alpha value is -2.35. The van der Waals surface area contributed by atoms with Crippen LogP contribution in [0.2, 0.25) is 0 Å². The van der Waals surface area contributed by atoms with E-state index in [0.29, 0.717) is 12.8 Å². The van der Waals surface area contributed by atoms with E-state index in [0.717, 1.165) is 17.3 Å². The molecule has 29 heavy (non-hydrogen) atoms. The molecule has 0 spiro atoms. The Morgan fingerprint density at radius 1 is 1.07 bits per heavy atom. The summed E-state index contributed by atoms with van der Waals surface area (Å²) >= 11 is 0.870. The monoisotopic (exact) mass is 422 g/mol. The van der Waals surface area contributed by atoms with Crippen LogP contribution >= 0.6 is 11.8 Å². The maximum Gasteiger partial charge on any atom is 0.304 e. The van der Waals surface area contributed by atoms with E-state index in [4.69, 9.17) is 0 Å². The van der Waals surface area contributed by atoms with E-state index in [9.17, 15) is 24.3 Å². The summed E-state index contributed by atoms with van der Waals surface area (Å²) < 4.78 is 0. The molecule has 0 radical (unpaired) electrons. The molecule has 160 valence electrons. The molecule has 3 N–H and O–H groups in total. The molecule has 0 saturated carbocycles. The number of rotatable bonds is 11. The Morgan fingerprint density at radius 3 is 2.17 bits per heavy atom. The molecule has 0 heterocycles. The van der Waals surface area contributed by atoms with Gasteiger partial charge in [-0.15, -0.1) is 0 Å². The fourth-order valence-corrected chi connectivity index (χ4v) is 4.15. The topological polar surface area (TPSA) is 113 Å². The van der Waals surface area contributed by atoms with Gasteiger partial charge in [-0.25, -0.2) is 0 Å². The Balaban J connectivity index is 3.08. The molecule has 2 amide bonds. The Kier molecular flexibility index (Phi) is 10.4. The van der Waals surface area contributed by atoms with E-state index in [-0.39, 0.29) is 23.4 Å². The number of hydrogen-bond acceptors (Lipinski definition) is 5. The van der Waals surface area contributed by atoms with Crippen LogP contribution in [0.1, 0.15) is 39.2 Å². The lowest BCUT2D eigenvalue weighted by atomic mass is 9.91. The van der Waals surface area contributed by atoms with Crippen molar-refractivity contribution in [2.24, 2.45) is 11.8 Å². The summed E-state index contributed by atoms with van der Waals surface area (Å²) in [7, 11) is 1.50. The van der Waals surface area contributed by atoms with Gasteiger partial charge in [-0.2, -0.15) is 0 Å². The number of carbonyl (C=O) groups excluding carboxylic acids is 3. The summed E-state index contributed by atoms with van der Waals surface area (Å²) in [4.78, 5) is 48.4. The van der Waals surface area contributed by atoms with Crippen molar-refractivity contribution in [3.8, 4) is 0 Å². The second kappa shape index (κ2) is 12.3. The molecule has 8 heteroatoms. The Morgan fingerprint density at radius 2 is 1.69 bits per heavy atom. The van der Waals surface area contributed by atoms with Crippen molar-refractivity contribution in [2.45, 2.75) is 51.3 Å². The number of carboxylic acids is 1. The van der Waals surface area contributed by atoms with Crippen molar-refractivity contribution < 1.29 is 24.3 Å². The fraction of sp³-hybridized carbons (Fsp3) is 0.524. The van der Waals surface area contributed by atoms with Crippen LogP contribution in [-0.2, 0) is 25.6 Å². The van der Waals surface area contributed by atoms with Crippen molar-refractivity contribution in [3.05, 3.63) is 35.9 Å². The number of nitrogens with one attached hydrogen (secondary N) is 2. The molecule has 0 saturated heterocycles. The maximum atomic E-state index is 13.1. The third kappa shape index (κ3) is 9.13. The van der Waals surface area contributed by atoms with Crippen molar-refractivity contribution in [1.29, 1.82) is 0 Å². The molecule has 7 nitrogen and oxygen atoms in total. The lowest BCUT2D eigenvalue weighted by Gasteiger charge is -2.27. The third-order valence-corrected chi connectivity index (χ3v) is 5.50. The minimum Gasteiger partial charge on any atom is -0.481 e. The first-order valence-corrected chi connectivity index (χ1v) is 10.5. The highest BCUT2D eigenvalue weighted by Crippen LogP contribution is 2.29. The van der Waals surface area contributed by atoms with Crippen molar-refractivity contribution >= 4 is 34.7 Å². The average molecular weight is 423 g/mol. The zero-order valence-corrected chi connectivity index (χ0v) is 18.1. The zero-order valence-electron chi connectivity index (χ0n) is 17.3. The molecule has 0 aliphatic heterocycles. The summed E-state index contributed by atoms with van der Waals surface area (Å²) in [6, 6.07) is 8.51. The molecule has 3 atom stereocenters. The number of hydrogen-bond donors (Lipinski definition) is 3. The molecular formula is C21H30N2O5S. The lowest BCUT2D eigenvalue weighted by Crippen LogP contribution is -2.50. The van der Waals surface area contributed by atoms with Crippen molar-refractivity contribution in [2.75, 3.05) is 7.05 Å². The summed E-state index contributed by atoms with van der Waals surface area (Å²) in [6.45, 7) is 5.21. The second-order valence-electron chi connectivity index (χ2n) is 7.35. The standard InChI is InChI=1S/C21H30N2O5S/c1-13(2)10-16(18(12-19(25)26)29-14(3)24)20(27)23-17(21(28)22-4)11-15-8-6-5-7-9-15/h5-9,13,16-18H,10-12H2,1-4H3,(H,22,28)(H,23,27)(H,25,26). The molecule has 0 aromatic heterocycles. The van der Waals surface area contributed by atoms with E-state index in [1.807, 2.05) is 44.2 Å². The molecular weight excluding hydrogens is 392 g/mol. The minimum atomic E-state index is -1.07. The predicted octanol–water partition coefficient (Wildman–Crippen LogP) is 2.25. The van der Waals surface area contributed by atoms with E-state index >= 15 is 0 Å². The van der Waals surface area contributed by atoms with Gasteiger partial charge in [0.25, 0.3) is 0 Å². The van der Waals surface area contributed by atoms with Gasteiger partial charge in [-0.3, -0.25) is 19.2 Å². The van der Waals surface area contributed by atoms with E-state index in [1.54, 1.807) is 0 Å². The molecule has 1 rings (SSSR count). The Labute approximate surface area is 176 Å². The van der Waals surface area contributed by atoms with Crippen molar-refractivity contribution in [1.82, 2.24) is 10.6 Å². The highest BCUT2D eigenvalue weighted by Gasteiger charge is 2.34. The minimum absolute atomic E-state index is 0.113. The van der Waals surface area contributed by atoms with E-state index in [2.05, 4.69) is 10.6 Å². The number of carbonyl (C=O) groups is 4. The number of carboxylic acid groups (broad SMARTS) is 1. The SMILES string of the molecule is CNC(=O)C(Cc1ccccc1)NC(=O)C(CC(C)C)C(CC(=O)O)SC(C)=O. The number of aliphatic carboxylic acids is 1. The molecule has 0 fully saturated rings. The highest BCUT2D eigenvalue weighted by atomic mass is 32.2. The third-order valence-electron chi connectivity index (χ3n) is 4.37. The van der Waals surface area contributed by atoms with Gasteiger partial charge >= 0.3 is 5.97 Å². The first-order valence-electron chi connectivity index (χ1n) is 9.58. The van der Waals surface area contributed by atoms with Gasteiger partial charge in [0, 0.05) is 25.6 Å². The van der Waals surface area contributed by atoms with Crippen LogP contribution in [-0.4, -0.2) is 46.3 Å². The maximum absolute atomic E-state index is 13.1. The smallest absolute Gasteiger partial charge is 0.304 e. The second-order valence-corrected chi connectivity index (χ2v) is 8.76. The van der Waals surface area contributed by atoms with Crippen LogP contribution in [0.4, 0.5) is 0 Å². The average Bonchev–Trinajstić information content (AvgIpc) is 2.64. The Bertz CT molecular complexity index is 692. The van der Waals surface area contributed by atoms with Gasteiger partial charge < -0.3 is 15.7 Å². The normalized spacial score (nSPS) is 14.0. The largest absolute Gasteiger partial charge is 0.481 e. The van der Waals surface area contributed by atoms with Crippen molar-refractivity contribution in [3.63, 3.8) is 0 Å². The fourth-order valence-electron chi connectivity index (χ4n) is 3.10. The van der Waals surface area contributed by atoms with Crippen LogP contribution in [0.15, 0.2) is 30.3 Å². The summed E-state index contributed by atoms with van der Waals surface area (Å²) in [5, 5.41) is 13.6. The lowest BCUT2D eigenvalue weighted by molar-refractivity contribution is -0.137. The zero-order chi connectivity index (χ0) is 22.0. The molecule has 0 aliphatic rings. The number of likely N-dealkylation sites (N-methyl/N-ethyl adjacent to an activating group) is 1. The van der Waals surface area contributed by atoms with Crippen LogP contribution in [0.5, 0.6) is 0 Å². The molecule has 1 aromatic rings. The highest BCUT2D eigenvalue weighted by molar-refractivity contribution is 8.14. The summed E-state index contributed by atoms with van der Waals surface area (Å²) in [6.07, 6.45) is 0.415. The summed E-state index contributed by atoms with van der Waals surface area (Å²) in [5.41, 5.74) is 0.891. The van der Waals surface area contributed by atoms with Crippen LogP contribution in [0.3, 0.4) is 0 Å². The first-order chi connectivity index (χ1) is 13.6. The molecule has 3 unspecified atom stereocenters. The number of thioether (sulfide) groups is 1. The van der Waals surface area contributed by atoms with Gasteiger partial charge in [-0.1, -0.05) is 55.9 Å². The molecule has 0 aliphatic carbocycles. The van der Waals surface area contributed by atoms with Gasteiger partial charge in [0.05, 0.1) is 12.3 Å². The van der Waals surface area contributed by atoms with Gasteiger partial charge in [0.2, 0.25) is 11.8 Å². The molecule has 0 bridgehead atoms. The first kappa shape index (κ1) is 24.7. The van der Waals surface area contributed by atoms with E-state index < -0.39 is 29.1 Å². The predicted molar refractivity (Wildman–Crippen MR) is 113 cm³/mol. The van der Waals surface area contributed by atoms with Crippen LogP contribution in [0.25, 0.3) is 0 Å². The number of amides is 2. The van der Waals surface area contributed by atoms with Gasteiger partial charge in [0.15, 0.2) is 5.12 Å². The van der Waals surface area contributed by atoms with Crippen LogP contribution in [0, 0.1) is 11.8 Å². The van der Waals surface area contributed by atoms with Gasteiger partial charge in [-0.05, 0) is 17.9 Å². The van der Waals surface area contributed by atoms with E-state index in [1.165, 1.54) is 14.0 Å². The quantitative estimate of drug-likeness (QED) is 0.504. The summed E-state index contributed by atoms with van der Waals surface area (Å²) in [5.74, 6) is -2.41. The van der Waals surface area contributed by atoms with Gasteiger partial charge in [0.1, 0.15) is 6.04 Å². The number of benzene rings is 1. The van der Waals surface area contributed by atoms with Crippen LogP contribution < -0.4 is 10.6 Å².